The number of benzene rings is 1. The summed E-state index contributed by atoms with van der Waals surface area (Å²) >= 11 is 0. The lowest BCUT2D eigenvalue weighted by Crippen LogP contribution is -2.12. The van der Waals surface area contributed by atoms with Crippen molar-refractivity contribution in [1.29, 1.82) is 0 Å². The first-order chi connectivity index (χ1) is 11.5. The molecule has 0 N–H and O–H groups in total. The number of hydrogen-bond donors (Lipinski definition) is 0. The Morgan fingerprint density at radius 1 is 1.33 bits per heavy atom. The second-order valence-corrected chi connectivity index (χ2v) is 6.39. The average Bonchev–Trinajstić information content (AvgIpc) is 3.24. The van der Waals surface area contributed by atoms with Gasteiger partial charge in [0.25, 0.3) is 5.89 Å². The average molecular weight is 330 g/mol. The zero-order valence-electron chi connectivity index (χ0n) is 14.2. The SMILES string of the molecule is CC(C)Oc1cccc(CC(=O)OC(C)c2nc(C3CC3)no2)c1. The first-order valence-corrected chi connectivity index (χ1v) is 8.30. The van der Waals surface area contributed by atoms with Crippen LogP contribution in [0.25, 0.3) is 0 Å². The zero-order chi connectivity index (χ0) is 17.1. The number of carbonyl (C=O) groups is 1. The summed E-state index contributed by atoms with van der Waals surface area (Å²) in [5.41, 5.74) is 0.842. The molecule has 2 aromatic rings. The van der Waals surface area contributed by atoms with Crippen molar-refractivity contribution >= 4 is 5.97 Å². The van der Waals surface area contributed by atoms with E-state index in [-0.39, 0.29) is 18.5 Å². The van der Waals surface area contributed by atoms with Crippen molar-refractivity contribution in [2.24, 2.45) is 0 Å². The Bertz CT molecular complexity index is 707. The number of aromatic nitrogens is 2. The van der Waals surface area contributed by atoms with E-state index in [9.17, 15) is 4.79 Å². The topological polar surface area (TPSA) is 74.5 Å². The Kier molecular flexibility index (Phi) is 4.83. The van der Waals surface area contributed by atoms with Crippen molar-refractivity contribution in [3.63, 3.8) is 0 Å². The smallest absolute Gasteiger partial charge is 0.311 e. The van der Waals surface area contributed by atoms with Crippen LogP contribution in [0.4, 0.5) is 0 Å². The van der Waals surface area contributed by atoms with E-state index in [0.717, 1.165) is 24.2 Å². The van der Waals surface area contributed by atoms with Gasteiger partial charge in [-0.15, -0.1) is 0 Å². The molecule has 1 aliphatic carbocycles. The molecule has 1 unspecified atom stereocenters. The Balaban J connectivity index is 1.56. The fraction of sp³-hybridized carbons (Fsp3) is 0.500. The number of ether oxygens (including phenoxy) is 2. The molecule has 1 aliphatic rings. The van der Waals surface area contributed by atoms with Gasteiger partial charge in [0.05, 0.1) is 12.5 Å². The summed E-state index contributed by atoms with van der Waals surface area (Å²) in [6.45, 7) is 5.66. The van der Waals surface area contributed by atoms with Gasteiger partial charge in [-0.2, -0.15) is 4.98 Å². The first-order valence-electron chi connectivity index (χ1n) is 8.30. The van der Waals surface area contributed by atoms with Crippen molar-refractivity contribution in [3.05, 3.63) is 41.5 Å². The molecule has 128 valence electrons. The minimum absolute atomic E-state index is 0.0883. The molecule has 0 amide bonds. The number of rotatable bonds is 7. The van der Waals surface area contributed by atoms with E-state index in [1.807, 2.05) is 38.1 Å². The molecular weight excluding hydrogens is 308 g/mol. The van der Waals surface area contributed by atoms with Crippen molar-refractivity contribution < 1.29 is 18.8 Å². The molecule has 0 bridgehead atoms. The highest BCUT2D eigenvalue weighted by atomic mass is 16.6. The van der Waals surface area contributed by atoms with Crippen LogP contribution in [0.1, 0.15) is 62.9 Å². The summed E-state index contributed by atoms with van der Waals surface area (Å²) in [5.74, 6) is 1.88. The maximum atomic E-state index is 12.1. The summed E-state index contributed by atoms with van der Waals surface area (Å²) < 4.78 is 16.2. The van der Waals surface area contributed by atoms with Crippen LogP contribution in [-0.2, 0) is 16.0 Å². The normalized spacial score (nSPS) is 15.3. The van der Waals surface area contributed by atoms with Crippen LogP contribution >= 0.6 is 0 Å². The highest BCUT2D eigenvalue weighted by molar-refractivity contribution is 5.72. The van der Waals surface area contributed by atoms with E-state index in [4.69, 9.17) is 14.0 Å². The summed E-state index contributed by atoms with van der Waals surface area (Å²) in [5, 5.41) is 3.94. The highest BCUT2D eigenvalue weighted by Crippen LogP contribution is 2.38. The first kappa shape index (κ1) is 16.5. The van der Waals surface area contributed by atoms with Crippen LogP contribution in [-0.4, -0.2) is 22.2 Å². The van der Waals surface area contributed by atoms with Gasteiger partial charge in [-0.3, -0.25) is 4.79 Å². The summed E-state index contributed by atoms with van der Waals surface area (Å²) in [7, 11) is 0. The number of nitrogens with zero attached hydrogens (tertiary/aromatic N) is 2. The largest absolute Gasteiger partial charge is 0.491 e. The van der Waals surface area contributed by atoms with Crippen molar-refractivity contribution in [2.75, 3.05) is 0 Å². The Morgan fingerprint density at radius 3 is 2.83 bits per heavy atom. The number of esters is 1. The molecule has 24 heavy (non-hydrogen) atoms. The molecule has 0 saturated heterocycles. The number of carbonyl (C=O) groups excluding carboxylic acids is 1. The maximum Gasteiger partial charge on any atom is 0.311 e. The lowest BCUT2D eigenvalue weighted by atomic mass is 10.1. The van der Waals surface area contributed by atoms with Gasteiger partial charge in [0.1, 0.15) is 5.75 Å². The van der Waals surface area contributed by atoms with Crippen molar-refractivity contribution in [3.8, 4) is 5.75 Å². The molecule has 1 aromatic heterocycles. The highest BCUT2D eigenvalue weighted by Gasteiger charge is 2.30. The summed E-state index contributed by atoms with van der Waals surface area (Å²) in [4.78, 5) is 16.4. The lowest BCUT2D eigenvalue weighted by Gasteiger charge is -2.12. The Labute approximate surface area is 141 Å². The van der Waals surface area contributed by atoms with Gasteiger partial charge in [-0.25, -0.2) is 0 Å². The molecule has 0 aliphatic heterocycles. The predicted molar refractivity (Wildman–Crippen MR) is 86.7 cm³/mol. The van der Waals surface area contributed by atoms with Crippen LogP contribution in [0.2, 0.25) is 0 Å². The van der Waals surface area contributed by atoms with Gasteiger partial charge in [-0.1, -0.05) is 17.3 Å². The summed E-state index contributed by atoms with van der Waals surface area (Å²) in [6, 6.07) is 7.46. The zero-order valence-corrected chi connectivity index (χ0v) is 14.2. The maximum absolute atomic E-state index is 12.1. The minimum atomic E-state index is -0.549. The Morgan fingerprint density at radius 2 is 2.12 bits per heavy atom. The van der Waals surface area contributed by atoms with E-state index in [1.54, 1.807) is 6.92 Å². The second-order valence-electron chi connectivity index (χ2n) is 6.39. The van der Waals surface area contributed by atoms with Crippen molar-refractivity contribution in [2.45, 2.75) is 58.2 Å². The predicted octanol–water partition coefficient (Wildman–Crippen LogP) is 3.58. The van der Waals surface area contributed by atoms with E-state index in [0.29, 0.717) is 17.6 Å². The fourth-order valence-electron chi connectivity index (χ4n) is 2.38. The fourth-order valence-corrected chi connectivity index (χ4v) is 2.38. The molecule has 1 fully saturated rings. The minimum Gasteiger partial charge on any atom is -0.491 e. The quantitative estimate of drug-likeness (QED) is 0.722. The summed E-state index contributed by atoms with van der Waals surface area (Å²) in [6.07, 6.45) is 1.91. The molecule has 0 spiro atoms. The molecular formula is C18H22N2O4. The molecule has 1 atom stereocenters. The molecule has 1 heterocycles. The molecule has 1 saturated carbocycles. The van der Waals surface area contributed by atoms with Crippen LogP contribution in [0.5, 0.6) is 5.75 Å². The van der Waals surface area contributed by atoms with Gasteiger partial charge >= 0.3 is 5.97 Å². The van der Waals surface area contributed by atoms with Gasteiger partial charge in [0.15, 0.2) is 11.9 Å². The van der Waals surface area contributed by atoms with Crippen LogP contribution in [0.3, 0.4) is 0 Å². The van der Waals surface area contributed by atoms with Crippen LogP contribution in [0.15, 0.2) is 28.8 Å². The Hall–Kier alpha value is -2.37. The monoisotopic (exact) mass is 330 g/mol. The van der Waals surface area contributed by atoms with E-state index in [1.165, 1.54) is 0 Å². The van der Waals surface area contributed by atoms with Crippen molar-refractivity contribution in [1.82, 2.24) is 10.1 Å². The standard InChI is InChI=1S/C18H22N2O4/c1-11(2)22-15-6-4-5-13(9-15)10-16(21)23-12(3)18-19-17(20-24-18)14-7-8-14/h4-6,9,11-12,14H,7-8,10H2,1-3H3. The third kappa shape index (κ3) is 4.34. The molecule has 6 nitrogen and oxygen atoms in total. The third-order valence-electron chi connectivity index (χ3n) is 3.67. The van der Waals surface area contributed by atoms with Crippen LogP contribution in [0, 0.1) is 0 Å². The van der Waals surface area contributed by atoms with Gasteiger partial charge < -0.3 is 14.0 Å². The van der Waals surface area contributed by atoms with E-state index in [2.05, 4.69) is 10.1 Å². The number of hydrogen-bond acceptors (Lipinski definition) is 6. The van der Waals surface area contributed by atoms with E-state index >= 15 is 0 Å². The second kappa shape index (κ2) is 7.03. The van der Waals surface area contributed by atoms with Gasteiger partial charge in [0.2, 0.25) is 0 Å². The van der Waals surface area contributed by atoms with Gasteiger partial charge in [0, 0.05) is 5.92 Å². The lowest BCUT2D eigenvalue weighted by molar-refractivity contribution is -0.148. The van der Waals surface area contributed by atoms with E-state index < -0.39 is 6.10 Å². The van der Waals surface area contributed by atoms with Gasteiger partial charge in [-0.05, 0) is 51.3 Å². The molecule has 3 rings (SSSR count). The molecule has 6 heteroatoms. The molecule has 1 aromatic carbocycles. The molecule has 0 radical (unpaired) electrons. The third-order valence-corrected chi connectivity index (χ3v) is 3.67. The van der Waals surface area contributed by atoms with Crippen LogP contribution < -0.4 is 4.74 Å².